The number of aromatic nitrogens is 1. The Hall–Kier alpha value is -8.46. The Balaban J connectivity index is 1.06. The van der Waals surface area contributed by atoms with Gasteiger partial charge in [0.25, 0.3) is 0 Å². The topological polar surface area (TPSA) is 8.17 Å². The zero-order valence-electron chi connectivity index (χ0n) is 35.8. The lowest BCUT2D eigenvalue weighted by molar-refractivity contribution is 0.745. The van der Waals surface area contributed by atoms with Crippen molar-refractivity contribution in [3.05, 3.63) is 289 Å². The minimum atomic E-state index is -0.590. The van der Waals surface area contributed by atoms with E-state index in [2.05, 4.69) is 276 Å². The first-order chi connectivity index (χ1) is 32.3. The molecule has 0 saturated carbocycles. The van der Waals surface area contributed by atoms with E-state index < -0.39 is 5.41 Å². The first kappa shape index (κ1) is 38.2. The average Bonchev–Trinajstić information content (AvgIpc) is 3.73. The summed E-state index contributed by atoms with van der Waals surface area (Å²) in [5.74, 6) is 0. The van der Waals surface area contributed by atoms with E-state index in [1.807, 2.05) is 0 Å². The smallest absolute Gasteiger partial charge is 0.0702 e. The molecule has 0 fully saturated rings. The summed E-state index contributed by atoms with van der Waals surface area (Å²) in [6, 6.07) is 97.5. The van der Waals surface area contributed by atoms with E-state index in [-0.39, 0.29) is 0 Å². The fourth-order valence-corrected chi connectivity index (χ4v) is 10.4. The molecule has 0 amide bonds. The fourth-order valence-electron chi connectivity index (χ4n) is 10.4. The van der Waals surface area contributed by atoms with Crippen molar-refractivity contribution in [2.75, 3.05) is 4.90 Å². The second kappa shape index (κ2) is 16.0. The standard InChI is InChI=1S/C63H44N2/c1-4-21-48(22-5-1)63(49-23-6-2-7-24-49,50-25-8-3-9-26-50)51-27-17-28-55(44-51)64(52-37-34-47(35-38-52)57-32-16-20-45-18-10-12-29-56(45)57)53-39-41-54(42-40-53)65-61-33-15-14-31-59(61)60-43-36-46-19-11-13-30-58(46)62(60)65/h1-44H. The average molecular weight is 829 g/mol. The molecule has 1 heterocycles. The van der Waals surface area contributed by atoms with E-state index in [4.69, 9.17) is 0 Å². The van der Waals surface area contributed by atoms with Gasteiger partial charge in [-0.2, -0.15) is 0 Å². The molecule has 0 aliphatic carbocycles. The quantitative estimate of drug-likeness (QED) is 0.132. The highest BCUT2D eigenvalue weighted by Crippen LogP contribution is 2.47. The normalized spacial score (nSPS) is 11.7. The van der Waals surface area contributed by atoms with Gasteiger partial charge in [0.1, 0.15) is 0 Å². The lowest BCUT2D eigenvalue weighted by atomic mass is 9.65. The van der Waals surface area contributed by atoms with Gasteiger partial charge in [0.15, 0.2) is 0 Å². The summed E-state index contributed by atoms with van der Waals surface area (Å²) < 4.78 is 2.44. The Morgan fingerprint density at radius 1 is 0.308 bits per heavy atom. The zero-order chi connectivity index (χ0) is 43.2. The van der Waals surface area contributed by atoms with Crippen LogP contribution in [0, 0.1) is 0 Å². The molecule has 11 aromatic carbocycles. The van der Waals surface area contributed by atoms with Gasteiger partial charge in [-0.1, -0.05) is 212 Å². The van der Waals surface area contributed by atoms with Crippen LogP contribution in [0.2, 0.25) is 0 Å². The second-order valence-electron chi connectivity index (χ2n) is 16.9. The van der Waals surface area contributed by atoms with E-state index in [0.29, 0.717) is 0 Å². The van der Waals surface area contributed by atoms with Gasteiger partial charge in [-0.15, -0.1) is 0 Å². The highest BCUT2D eigenvalue weighted by molar-refractivity contribution is 6.18. The van der Waals surface area contributed by atoms with Crippen molar-refractivity contribution in [3.8, 4) is 16.8 Å². The molecule has 0 N–H and O–H groups in total. The molecular formula is C63H44N2. The number of fused-ring (bicyclic) bond motifs is 6. The van der Waals surface area contributed by atoms with Gasteiger partial charge in [0.05, 0.1) is 16.4 Å². The molecule has 1 aromatic heterocycles. The lowest BCUT2D eigenvalue weighted by Gasteiger charge is -2.37. The molecule has 0 atom stereocenters. The van der Waals surface area contributed by atoms with Crippen LogP contribution in [-0.4, -0.2) is 4.57 Å². The molecule has 0 spiro atoms. The van der Waals surface area contributed by atoms with E-state index >= 15 is 0 Å². The van der Waals surface area contributed by atoms with Crippen molar-refractivity contribution < 1.29 is 0 Å². The Bertz CT molecular complexity index is 3530. The van der Waals surface area contributed by atoms with E-state index in [0.717, 1.165) is 22.7 Å². The predicted molar refractivity (Wildman–Crippen MR) is 274 cm³/mol. The third-order valence-electron chi connectivity index (χ3n) is 13.3. The maximum absolute atomic E-state index is 2.44. The van der Waals surface area contributed by atoms with Crippen molar-refractivity contribution in [2.24, 2.45) is 0 Å². The molecule has 0 bridgehead atoms. The number of rotatable bonds is 9. The maximum Gasteiger partial charge on any atom is 0.0702 e. The fraction of sp³-hybridized carbons (Fsp3) is 0.0159. The third kappa shape index (κ3) is 6.41. The van der Waals surface area contributed by atoms with Crippen LogP contribution in [0.4, 0.5) is 17.1 Å². The Morgan fingerprint density at radius 2 is 0.800 bits per heavy atom. The van der Waals surface area contributed by atoms with Crippen LogP contribution in [0.15, 0.2) is 267 Å². The minimum Gasteiger partial charge on any atom is -0.310 e. The molecule has 65 heavy (non-hydrogen) atoms. The molecule has 0 unspecified atom stereocenters. The summed E-state index contributed by atoms with van der Waals surface area (Å²) in [5.41, 5.74) is 13.4. The SMILES string of the molecule is c1ccc(C(c2ccccc2)(c2ccccc2)c2cccc(N(c3ccc(-c4cccc5ccccc45)cc3)c3ccc(-n4c5ccccc5c5ccc6ccccc6c54)cc3)c2)cc1. The van der Waals surface area contributed by atoms with Crippen LogP contribution in [0.5, 0.6) is 0 Å². The Kier molecular flexibility index (Phi) is 9.43. The van der Waals surface area contributed by atoms with Gasteiger partial charge in [0.2, 0.25) is 0 Å². The molecule has 0 radical (unpaired) electrons. The summed E-state index contributed by atoms with van der Waals surface area (Å²) in [4.78, 5) is 2.41. The van der Waals surface area contributed by atoms with Crippen molar-refractivity contribution >= 4 is 60.4 Å². The van der Waals surface area contributed by atoms with Crippen LogP contribution < -0.4 is 4.90 Å². The van der Waals surface area contributed by atoms with Crippen LogP contribution in [-0.2, 0) is 5.41 Å². The first-order valence-corrected chi connectivity index (χ1v) is 22.4. The molecular weight excluding hydrogens is 785 g/mol. The molecule has 306 valence electrons. The summed E-state index contributed by atoms with van der Waals surface area (Å²) >= 11 is 0. The molecule has 0 saturated heterocycles. The van der Waals surface area contributed by atoms with Crippen LogP contribution in [0.3, 0.4) is 0 Å². The maximum atomic E-state index is 2.44. The number of nitrogens with zero attached hydrogens (tertiary/aromatic N) is 2. The Labute approximate surface area is 379 Å². The molecule has 12 aromatic rings. The highest BCUT2D eigenvalue weighted by atomic mass is 15.1. The lowest BCUT2D eigenvalue weighted by Crippen LogP contribution is -2.31. The minimum absolute atomic E-state index is 0.590. The van der Waals surface area contributed by atoms with E-state index in [9.17, 15) is 0 Å². The van der Waals surface area contributed by atoms with Gasteiger partial charge in [0, 0.05) is 38.9 Å². The van der Waals surface area contributed by atoms with Crippen molar-refractivity contribution in [2.45, 2.75) is 5.41 Å². The number of para-hydroxylation sites is 1. The number of anilines is 3. The summed E-state index contributed by atoms with van der Waals surface area (Å²) in [6.45, 7) is 0. The zero-order valence-corrected chi connectivity index (χ0v) is 35.8. The van der Waals surface area contributed by atoms with E-state index in [1.54, 1.807) is 0 Å². The van der Waals surface area contributed by atoms with Crippen molar-refractivity contribution in [1.29, 1.82) is 0 Å². The van der Waals surface area contributed by atoms with E-state index in [1.165, 1.54) is 76.7 Å². The van der Waals surface area contributed by atoms with Crippen LogP contribution in [0.25, 0.3) is 60.2 Å². The highest BCUT2D eigenvalue weighted by Gasteiger charge is 2.38. The second-order valence-corrected chi connectivity index (χ2v) is 16.9. The monoisotopic (exact) mass is 828 g/mol. The Morgan fingerprint density at radius 3 is 1.45 bits per heavy atom. The molecule has 2 heteroatoms. The molecule has 2 nitrogen and oxygen atoms in total. The number of hydrogen-bond donors (Lipinski definition) is 0. The molecule has 0 aliphatic heterocycles. The van der Waals surface area contributed by atoms with Crippen molar-refractivity contribution in [3.63, 3.8) is 0 Å². The number of hydrogen-bond acceptors (Lipinski definition) is 1. The molecule has 12 rings (SSSR count). The summed E-state index contributed by atoms with van der Waals surface area (Å²) in [7, 11) is 0. The summed E-state index contributed by atoms with van der Waals surface area (Å²) in [5, 5.41) is 7.47. The third-order valence-corrected chi connectivity index (χ3v) is 13.3. The van der Waals surface area contributed by atoms with Crippen LogP contribution in [0.1, 0.15) is 22.3 Å². The predicted octanol–water partition coefficient (Wildman–Crippen LogP) is 16.6. The van der Waals surface area contributed by atoms with Gasteiger partial charge >= 0.3 is 0 Å². The summed E-state index contributed by atoms with van der Waals surface area (Å²) in [6.07, 6.45) is 0. The van der Waals surface area contributed by atoms with Gasteiger partial charge in [-0.3, -0.25) is 0 Å². The van der Waals surface area contributed by atoms with Crippen molar-refractivity contribution in [1.82, 2.24) is 4.57 Å². The molecule has 0 aliphatic rings. The number of benzene rings is 11. The van der Waals surface area contributed by atoms with Gasteiger partial charge in [-0.25, -0.2) is 0 Å². The first-order valence-electron chi connectivity index (χ1n) is 22.4. The largest absolute Gasteiger partial charge is 0.310 e. The van der Waals surface area contributed by atoms with Gasteiger partial charge < -0.3 is 9.47 Å². The van der Waals surface area contributed by atoms with Crippen LogP contribution >= 0.6 is 0 Å². The van der Waals surface area contributed by atoms with Gasteiger partial charge in [-0.05, 0) is 104 Å².